The second-order valence-electron chi connectivity index (χ2n) is 4.98. The van der Waals surface area contributed by atoms with Crippen molar-refractivity contribution in [3.05, 3.63) is 61.0 Å². The molecule has 4 nitrogen and oxygen atoms in total. The van der Waals surface area contributed by atoms with Crippen molar-refractivity contribution in [3.63, 3.8) is 0 Å². The number of carbonyl (C=O) groups is 1. The minimum atomic E-state index is -1.85. The fraction of sp³-hybridized carbons (Fsp3) is 0.294. The van der Waals surface area contributed by atoms with E-state index in [-0.39, 0.29) is 6.61 Å². The van der Waals surface area contributed by atoms with Gasteiger partial charge in [0, 0.05) is 6.61 Å². The molecular weight excluding hydrogens is 296 g/mol. The normalized spacial score (nSPS) is 11.0. The van der Waals surface area contributed by atoms with Crippen LogP contribution in [-0.4, -0.2) is 27.3 Å². The smallest absolute Gasteiger partial charge is 0.373 e. The zero-order valence-corrected chi connectivity index (χ0v) is 14.2. The number of hydrogen-bond donors (Lipinski definition) is 0. The quantitative estimate of drug-likeness (QED) is 0.288. The van der Waals surface area contributed by atoms with E-state index in [2.05, 4.69) is 24.6 Å². The molecule has 0 aromatic heterocycles. The third-order valence-electron chi connectivity index (χ3n) is 3.32. The molecule has 0 amide bonds. The highest BCUT2D eigenvalue weighted by Gasteiger charge is 2.22. The maximum atomic E-state index is 11.8. The van der Waals surface area contributed by atoms with Crippen molar-refractivity contribution in [3.8, 4) is 0 Å². The van der Waals surface area contributed by atoms with Crippen LogP contribution in [0.4, 0.5) is 0 Å². The molecule has 22 heavy (non-hydrogen) atoms. The summed E-state index contributed by atoms with van der Waals surface area (Å²) in [6, 6.07) is 7.24. The highest BCUT2D eigenvalue weighted by atomic mass is 28.3. The molecule has 0 unspecified atom stereocenters. The van der Waals surface area contributed by atoms with Crippen LogP contribution in [0.25, 0.3) is 0 Å². The van der Waals surface area contributed by atoms with Gasteiger partial charge in [0.1, 0.15) is 8.07 Å². The Bertz CT molecular complexity index is 488. The fourth-order valence-electron chi connectivity index (χ4n) is 1.71. The number of carbonyl (C=O) groups excluding carboxylic acids is 1. The zero-order valence-electron chi connectivity index (χ0n) is 13.2. The molecule has 5 heteroatoms. The summed E-state index contributed by atoms with van der Waals surface area (Å²) in [6.45, 7) is 14.1. The van der Waals surface area contributed by atoms with Gasteiger partial charge in [-0.3, -0.25) is 4.89 Å². The zero-order chi connectivity index (χ0) is 16.4. The Labute approximate surface area is 133 Å². The van der Waals surface area contributed by atoms with Crippen molar-refractivity contribution < 1.29 is 19.3 Å². The van der Waals surface area contributed by atoms with Crippen LogP contribution in [0.3, 0.4) is 0 Å². The summed E-state index contributed by atoms with van der Waals surface area (Å²) in [4.78, 5) is 21.2. The summed E-state index contributed by atoms with van der Waals surface area (Å²) in [5, 5.41) is 1.13. The predicted molar refractivity (Wildman–Crippen MR) is 90.0 cm³/mol. The molecule has 0 spiro atoms. The highest BCUT2D eigenvalue weighted by Crippen LogP contribution is 2.09. The van der Waals surface area contributed by atoms with E-state index in [1.54, 1.807) is 12.1 Å². The molecule has 0 aliphatic rings. The van der Waals surface area contributed by atoms with Gasteiger partial charge in [-0.2, -0.15) is 4.89 Å². The molecule has 0 saturated heterocycles. The van der Waals surface area contributed by atoms with E-state index in [0.29, 0.717) is 12.2 Å². The van der Waals surface area contributed by atoms with E-state index in [4.69, 9.17) is 9.62 Å². The first-order chi connectivity index (χ1) is 10.6. The van der Waals surface area contributed by atoms with Crippen molar-refractivity contribution in [2.75, 3.05) is 13.2 Å². The van der Waals surface area contributed by atoms with Gasteiger partial charge in [0.05, 0.1) is 12.2 Å². The minimum Gasteiger partial charge on any atom is -0.378 e. The molecule has 0 aliphatic carbocycles. The SMILES string of the molecule is C=C[Si](C)(C=C)c1ccc(C(=O)OO[CH]COCCC)cc1. The Morgan fingerprint density at radius 1 is 1.23 bits per heavy atom. The van der Waals surface area contributed by atoms with Crippen molar-refractivity contribution in [2.24, 2.45) is 0 Å². The summed E-state index contributed by atoms with van der Waals surface area (Å²) in [5.41, 5.74) is 4.32. The van der Waals surface area contributed by atoms with Crippen molar-refractivity contribution >= 4 is 19.2 Å². The van der Waals surface area contributed by atoms with Gasteiger partial charge >= 0.3 is 5.97 Å². The van der Waals surface area contributed by atoms with Gasteiger partial charge in [-0.25, -0.2) is 4.79 Å². The van der Waals surface area contributed by atoms with Gasteiger partial charge in [-0.15, -0.1) is 13.2 Å². The summed E-state index contributed by atoms with van der Waals surface area (Å²) in [7, 11) is -1.85. The second-order valence-corrected chi connectivity index (χ2v) is 8.94. The molecule has 0 N–H and O–H groups in total. The molecule has 0 saturated carbocycles. The summed E-state index contributed by atoms with van der Waals surface area (Å²) in [5.74, 6) is -0.543. The molecule has 0 bridgehead atoms. The lowest BCUT2D eigenvalue weighted by Crippen LogP contribution is -2.40. The Morgan fingerprint density at radius 2 is 1.86 bits per heavy atom. The first kappa shape index (κ1) is 18.4. The predicted octanol–water partition coefficient (Wildman–Crippen LogP) is 3.10. The molecule has 1 radical (unpaired) electrons. The Kier molecular flexibility index (Phi) is 7.80. The van der Waals surface area contributed by atoms with Crippen LogP contribution in [0, 0.1) is 6.61 Å². The van der Waals surface area contributed by atoms with Gasteiger partial charge in [0.25, 0.3) is 0 Å². The largest absolute Gasteiger partial charge is 0.378 e. The van der Waals surface area contributed by atoms with E-state index in [0.717, 1.165) is 11.6 Å². The van der Waals surface area contributed by atoms with Gasteiger partial charge in [-0.1, -0.05) is 42.2 Å². The van der Waals surface area contributed by atoms with E-state index >= 15 is 0 Å². The lowest BCUT2D eigenvalue weighted by atomic mass is 10.2. The molecule has 0 aliphatic heterocycles. The lowest BCUT2D eigenvalue weighted by Gasteiger charge is -2.19. The molecular formula is C17H23O4Si. The molecule has 119 valence electrons. The summed E-state index contributed by atoms with van der Waals surface area (Å²) < 4.78 is 5.16. The van der Waals surface area contributed by atoms with Gasteiger partial charge in [-0.05, 0) is 18.6 Å². The minimum absolute atomic E-state index is 0.280. The number of benzene rings is 1. The number of ether oxygens (including phenoxy) is 1. The topological polar surface area (TPSA) is 44.8 Å². The maximum absolute atomic E-state index is 11.8. The summed E-state index contributed by atoms with van der Waals surface area (Å²) in [6.07, 6.45) is 0.928. The van der Waals surface area contributed by atoms with Crippen LogP contribution in [-0.2, 0) is 14.5 Å². The average molecular weight is 319 g/mol. The van der Waals surface area contributed by atoms with Gasteiger partial charge in [0.2, 0.25) is 0 Å². The van der Waals surface area contributed by atoms with Crippen molar-refractivity contribution in [1.29, 1.82) is 0 Å². The molecule has 1 aromatic rings. The number of rotatable bonds is 10. The van der Waals surface area contributed by atoms with Crippen LogP contribution in [0.1, 0.15) is 23.7 Å². The van der Waals surface area contributed by atoms with E-state index < -0.39 is 14.0 Å². The van der Waals surface area contributed by atoms with Crippen molar-refractivity contribution in [2.45, 2.75) is 19.9 Å². The van der Waals surface area contributed by atoms with Crippen LogP contribution < -0.4 is 5.19 Å². The molecule has 0 fully saturated rings. The third-order valence-corrected chi connectivity index (χ3v) is 6.59. The molecule has 0 heterocycles. The third kappa shape index (κ3) is 5.25. The van der Waals surface area contributed by atoms with Gasteiger partial charge in [0.15, 0.2) is 6.61 Å². The van der Waals surface area contributed by atoms with E-state index in [9.17, 15) is 4.79 Å². The lowest BCUT2D eigenvalue weighted by molar-refractivity contribution is -0.218. The number of hydrogen-bond acceptors (Lipinski definition) is 4. The van der Waals surface area contributed by atoms with Gasteiger partial charge < -0.3 is 4.74 Å². The fourth-order valence-corrected chi connectivity index (χ4v) is 3.24. The molecule has 1 aromatic carbocycles. The van der Waals surface area contributed by atoms with E-state index in [1.807, 2.05) is 30.5 Å². The van der Waals surface area contributed by atoms with E-state index in [1.165, 1.54) is 6.61 Å². The first-order valence-corrected chi connectivity index (χ1v) is 9.87. The van der Waals surface area contributed by atoms with Crippen LogP contribution in [0.5, 0.6) is 0 Å². The Morgan fingerprint density at radius 3 is 2.41 bits per heavy atom. The first-order valence-electron chi connectivity index (χ1n) is 7.22. The van der Waals surface area contributed by atoms with Crippen LogP contribution >= 0.6 is 0 Å². The van der Waals surface area contributed by atoms with Crippen LogP contribution in [0.2, 0.25) is 6.55 Å². The maximum Gasteiger partial charge on any atom is 0.373 e. The Hall–Kier alpha value is -1.69. The van der Waals surface area contributed by atoms with Crippen molar-refractivity contribution in [1.82, 2.24) is 0 Å². The molecule has 0 atom stereocenters. The average Bonchev–Trinajstić information content (AvgIpc) is 2.57. The second kappa shape index (κ2) is 9.35. The Balaban J connectivity index is 2.51. The highest BCUT2D eigenvalue weighted by molar-refractivity contribution is 6.98. The van der Waals surface area contributed by atoms with Crippen LogP contribution in [0.15, 0.2) is 48.8 Å². The molecule has 1 rings (SSSR count). The monoisotopic (exact) mass is 319 g/mol. The standard InChI is InChI=1S/C17H23O4Si/c1-5-12-19-13-14-20-21-17(18)15-8-10-16(11-9-15)22(4,6-2)7-3/h6-11,14H,2-3,5,12-13H2,1,4H3. The summed E-state index contributed by atoms with van der Waals surface area (Å²) >= 11 is 0.